The Bertz CT molecular complexity index is 323. The summed E-state index contributed by atoms with van der Waals surface area (Å²) < 4.78 is 0. The molecule has 0 radical (unpaired) electrons. The Morgan fingerprint density at radius 2 is 2.07 bits per heavy atom. The zero-order valence-electron chi connectivity index (χ0n) is 9.02. The number of hydrogen-bond donors (Lipinski definition) is 1. The van der Waals surface area contributed by atoms with Crippen molar-refractivity contribution in [3.63, 3.8) is 0 Å². The molecule has 2 fully saturated rings. The largest absolute Gasteiger partial charge is 0.301 e. The molecule has 0 aromatic heterocycles. The molecule has 2 heterocycles. The summed E-state index contributed by atoms with van der Waals surface area (Å²) >= 11 is 0. The Morgan fingerprint density at radius 1 is 1.20 bits per heavy atom. The van der Waals surface area contributed by atoms with Crippen molar-refractivity contribution >= 4 is 0 Å². The number of rotatable bonds is 2. The fourth-order valence-corrected chi connectivity index (χ4v) is 2.94. The Kier molecular flexibility index (Phi) is 2.47. The average molecular weight is 202 g/mol. The molecule has 1 aromatic rings. The lowest BCUT2D eigenvalue weighted by Crippen LogP contribution is -2.39. The standard InChI is InChI=1S/C13H18N2/c1-2-4-11(5-3-1)10-15-9-7-12-6-8-14-13(12)15/h1-5,12-14H,6-10H2. The van der Waals surface area contributed by atoms with Crippen LogP contribution in [0.3, 0.4) is 0 Å². The fourth-order valence-electron chi connectivity index (χ4n) is 2.94. The van der Waals surface area contributed by atoms with E-state index in [-0.39, 0.29) is 0 Å². The van der Waals surface area contributed by atoms with Crippen LogP contribution in [0.5, 0.6) is 0 Å². The topological polar surface area (TPSA) is 15.3 Å². The lowest BCUT2D eigenvalue weighted by molar-refractivity contribution is 0.213. The summed E-state index contributed by atoms with van der Waals surface area (Å²) in [6, 6.07) is 10.8. The second-order valence-corrected chi connectivity index (χ2v) is 4.69. The predicted molar refractivity (Wildman–Crippen MR) is 61.4 cm³/mol. The first-order valence-electron chi connectivity index (χ1n) is 5.95. The lowest BCUT2D eigenvalue weighted by Gasteiger charge is -2.23. The van der Waals surface area contributed by atoms with Gasteiger partial charge in [0.25, 0.3) is 0 Å². The second kappa shape index (κ2) is 3.95. The smallest absolute Gasteiger partial charge is 0.0630 e. The van der Waals surface area contributed by atoms with E-state index < -0.39 is 0 Å². The number of nitrogens with zero attached hydrogens (tertiary/aromatic N) is 1. The molecule has 3 rings (SSSR count). The van der Waals surface area contributed by atoms with Gasteiger partial charge >= 0.3 is 0 Å². The lowest BCUT2D eigenvalue weighted by atomic mass is 10.1. The van der Waals surface area contributed by atoms with Gasteiger partial charge in [0.2, 0.25) is 0 Å². The van der Waals surface area contributed by atoms with Gasteiger partial charge in [0.05, 0.1) is 6.17 Å². The molecule has 2 unspecified atom stereocenters. The quantitative estimate of drug-likeness (QED) is 0.787. The van der Waals surface area contributed by atoms with Gasteiger partial charge < -0.3 is 5.32 Å². The molecule has 2 aliphatic rings. The summed E-state index contributed by atoms with van der Waals surface area (Å²) in [5.74, 6) is 0.911. The molecule has 15 heavy (non-hydrogen) atoms. The van der Waals surface area contributed by atoms with Crippen molar-refractivity contribution in [2.24, 2.45) is 5.92 Å². The number of benzene rings is 1. The maximum absolute atomic E-state index is 3.61. The number of hydrogen-bond acceptors (Lipinski definition) is 2. The molecule has 0 saturated carbocycles. The van der Waals surface area contributed by atoms with Crippen molar-refractivity contribution in [3.05, 3.63) is 35.9 Å². The molecule has 2 nitrogen and oxygen atoms in total. The maximum Gasteiger partial charge on any atom is 0.0630 e. The number of nitrogens with one attached hydrogen (secondary N) is 1. The zero-order chi connectivity index (χ0) is 10.1. The third kappa shape index (κ3) is 1.80. The van der Waals surface area contributed by atoms with Gasteiger partial charge in [0.15, 0.2) is 0 Å². The van der Waals surface area contributed by atoms with Crippen molar-refractivity contribution in [1.82, 2.24) is 10.2 Å². The van der Waals surface area contributed by atoms with E-state index in [0.29, 0.717) is 6.17 Å². The first kappa shape index (κ1) is 9.37. The normalized spacial score (nSPS) is 30.7. The van der Waals surface area contributed by atoms with Gasteiger partial charge in [-0.2, -0.15) is 0 Å². The first-order valence-corrected chi connectivity index (χ1v) is 5.95. The molecule has 0 spiro atoms. The summed E-state index contributed by atoms with van der Waals surface area (Å²) in [5, 5.41) is 3.61. The van der Waals surface area contributed by atoms with E-state index in [2.05, 4.69) is 40.5 Å². The van der Waals surface area contributed by atoms with Crippen LogP contribution in [0.4, 0.5) is 0 Å². The second-order valence-electron chi connectivity index (χ2n) is 4.69. The van der Waals surface area contributed by atoms with Gasteiger partial charge in [-0.15, -0.1) is 0 Å². The highest BCUT2D eigenvalue weighted by Crippen LogP contribution is 2.30. The highest BCUT2D eigenvalue weighted by molar-refractivity contribution is 5.15. The molecule has 80 valence electrons. The third-order valence-corrected chi connectivity index (χ3v) is 3.72. The van der Waals surface area contributed by atoms with Crippen LogP contribution in [0.2, 0.25) is 0 Å². The molecule has 2 atom stereocenters. The van der Waals surface area contributed by atoms with Crippen LogP contribution < -0.4 is 5.32 Å². The molecule has 0 aliphatic carbocycles. The third-order valence-electron chi connectivity index (χ3n) is 3.72. The minimum atomic E-state index is 0.658. The van der Waals surface area contributed by atoms with Crippen LogP contribution >= 0.6 is 0 Å². The van der Waals surface area contributed by atoms with Crippen LogP contribution in [0, 0.1) is 5.92 Å². The number of likely N-dealkylation sites (tertiary alicyclic amines) is 1. The molecular weight excluding hydrogens is 184 g/mol. The Hall–Kier alpha value is -0.860. The van der Waals surface area contributed by atoms with Crippen molar-refractivity contribution in [2.45, 2.75) is 25.6 Å². The van der Waals surface area contributed by atoms with Crippen LogP contribution in [-0.2, 0) is 6.54 Å². The van der Waals surface area contributed by atoms with E-state index in [4.69, 9.17) is 0 Å². The summed E-state index contributed by atoms with van der Waals surface area (Å²) in [6.07, 6.45) is 3.41. The monoisotopic (exact) mass is 202 g/mol. The molecular formula is C13H18N2. The fraction of sp³-hybridized carbons (Fsp3) is 0.538. The van der Waals surface area contributed by atoms with Gasteiger partial charge in [-0.25, -0.2) is 0 Å². The van der Waals surface area contributed by atoms with Crippen molar-refractivity contribution < 1.29 is 0 Å². The van der Waals surface area contributed by atoms with Gasteiger partial charge in [0.1, 0.15) is 0 Å². The van der Waals surface area contributed by atoms with Gasteiger partial charge in [-0.3, -0.25) is 4.90 Å². The Morgan fingerprint density at radius 3 is 2.93 bits per heavy atom. The maximum atomic E-state index is 3.61. The van der Waals surface area contributed by atoms with Crippen LogP contribution in [0.15, 0.2) is 30.3 Å². The Labute approximate surface area is 91.3 Å². The van der Waals surface area contributed by atoms with E-state index >= 15 is 0 Å². The molecule has 1 aromatic carbocycles. The van der Waals surface area contributed by atoms with Crippen molar-refractivity contribution in [3.8, 4) is 0 Å². The first-order chi connectivity index (χ1) is 7.43. The van der Waals surface area contributed by atoms with Crippen LogP contribution in [-0.4, -0.2) is 24.2 Å². The van der Waals surface area contributed by atoms with E-state index in [9.17, 15) is 0 Å². The molecule has 1 N–H and O–H groups in total. The zero-order valence-corrected chi connectivity index (χ0v) is 9.02. The van der Waals surface area contributed by atoms with Crippen molar-refractivity contribution in [2.75, 3.05) is 13.1 Å². The van der Waals surface area contributed by atoms with Crippen molar-refractivity contribution in [1.29, 1.82) is 0 Å². The summed E-state index contributed by atoms with van der Waals surface area (Å²) in [4.78, 5) is 2.59. The summed E-state index contributed by atoms with van der Waals surface area (Å²) in [6.45, 7) is 3.58. The van der Waals surface area contributed by atoms with Crippen LogP contribution in [0.25, 0.3) is 0 Å². The molecule has 2 saturated heterocycles. The van der Waals surface area contributed by atoms with E-state index in [1.54, 1.807) is 0 Å². The minimum Gasteiger partial charge on any atom is -0.301 e. The Balaban J connectivity index is 1.69. The molecule has 2 heteroatoms. The summed E-state index contributed by atoms with van der Waals surface area (Å²) in [7, 11) is 0. The van der Waals surface area contributed by atoms with E-state index in [0.717, 1.165) is 12.5 Å². The molecule has 0 amide bonds. The van der Waals surface area contributed by atoms with Gasteiger partial charge in [-0.05, 0) is 30.9 Å². The molecule has 2 aliphatic heterocycles. The number of fused-ring (bicyclic) bond motifs is 1. The van der Waals surface area contributed by atoms with Gasteiger partial charge in [0, 0.05) is 13.1 Å². The highest BCUT2D eigenvalue weighted by Gasteiger charge is 2.36. The predicted octanol–water partition coefficient (Wildman–Crippen LogP) is 1.83. The van der Waals surface area contributed by atoms with Gasteiger partial charge in [-0.1, -0.05) is 30.3 Å². The van der Waals surface area contributed by atoms with E-state index in [1.165, 1.54) is 31.5 Å². The molecule has 0 bridgehead atoms. The SMILES string of the molecule is c1ccc(CN2CCC3CCNC32)cc1. The minimum absolute atomic E-state index is 0.658. The summed E-state index contributed by atoms with van der Waals surface area (Å²) in [5.41, 5.74) is 1.44. The van der Waals surface area contributed by atoms with Crippen LogP contribution in [0.1, 0.15) is 18.4 Å². The average Bonchev–Trinajstić information content (AvgIpc) is 2.85. The highest BCUT2D eigenvalue weighted by atomic mass is 15.3. The van der Waals surface area contributed by atoms with E-state index in [1.807, 2.05) is 0 Å².